The van der Waals surface area contributed by atoms with E-state index < -0.39 is 0 Å². The molecule has 2 rings (SSSR count). The molecule has 1 N–H and O–H groups in total. The zero-order valence-electron chi connectivity index (χ0n) is 10.7. The molecular weight excluding hydrogens is 224 g/mol. The van der Waals surface area contributed by atoms with Crippen LogP contribution in [-0.2, 0) is 0 Å². The highest BCUT2D eigenvalue weighted by Gasteiger charge is 2.22. The van der Waals surface area contributed by atoms with Gasteiger partial charge in [0.2, 0.25) is 0 Å². The molecule has 0 bridgehead atoms. The molecule has 0 heterocycles. The van der Waals surface area contributed by atoms with Gasteiger partial charge in [0.05, 0.1) is 17.9 Å². The van der Waals surface area contributed by atoms with Crippen molar-refractivity contribution in [1.82, 2.24) is 0 Å². The molecule has 1 aromatic carbocycles. The summed E-state index contributed by atoms with van der Waals surface area (Å²) < 4.78 is 0. The second-order valence-electron chi connectivity index (χ2n) is 4.84. The van der Waals surface area contributed by atoms with E-state index in [2.05, 4.69) is 11.0 Å². The molecule has 1 aliphatic carbocycles. The molecule has 1 saturated carbocycles. The van der Waals surface area contributed by atoms with E-state index in [4.69, 9.17) is 0 Å². The van der Waals surface area contributed by atoms with Crippen LogP contribution in [0.4, 0.5) is 5.69 Å². The second kappa shape index (κ2) is 6.42. The average Bonchev–Trinajstić information content (AvgIpc) is 2.46. The van der Waals surface area contributed by atoms with E-state index in [0.717, 1.165) is 5.69 Å². The Morgan fingerprint density at radius 2 is 1.94 bits per heavy atom. The lowest BCUT2D eigenvalue weighted by molar-refractivity contribution is 0.290. The highest BCUT2D eigenvalue weighted by molar-refractivity contribution is 5.59. The van der Waals surface area contributed by atoms with Gasteiger partial charge in [-0.15, -0.1) is 0 Å². The third kappa shape index (κ3) is 2.83. The third-order valence-electron chi connectivity index (χ3n) is 3.69. The Labute approximate surface area is 109 Å². The average molecular weight is 244 g/mol. The lowest BCUT2D eigenvalue weighted by Crippen LogP contribution is -2.39. The molecule has 0 radical (unpaired) electrons. The Balaban J connectivity index is 2.25. The third-order valence-corrected chi connectivity index (χ3v) is 3.69. The molecule has 96 valence electrons. The highest BCUT2D eigenvalue weighted by atomic mass is 16.3. The number of aliphatic hydroxyl groups excluding tert-OH is 1. The molecule has 0 spiro atoms. The summed E-state index contributed by atoms with van der Waals surface area (Å²) in [6, 6.07) is 10.4. The van der Waals surface area contributed by atoms with Gasteiger partial charge >= 0.3 is 0 Å². The zero-order chi connectivity index (χ0) is 12.8. The predicted molar refractivity (Wildman–Crippen MR) is 72.5 cm³/mol. The number of anilines is 1. The van der Waals surface area contributed by atoms with Crippen molar-refractivity contribution >= 4 is 5.69 Å². The number of rotatable bonds is 4. The monoisotopic (exact) mass is 244 g/mol. The Morgan fingerprint density at radius 1 is 1.22 bits per heavy atom. The van der Waals surface area contributed by atoms with Crippen LogP contribution < -0.4 is 4.90 Å². The maximum Gasteiger partial charge on any atom is 0.101 e. The maximum atomic E-state index is 9.27. The van der Waals surface area contributed by atoms with Gasteiger partial charge in [-0.05, 0) is 25.0 Å². The van der Waals surface area contributed by atoms with E-state index in [1.807, 2.05) is 24.3 Å². The number of hydrogen-bond donors (Lipinski definition) is 1. The molecule has 0 unspecified atom stereocenters. The van der Waals surface area contributed by atoms with Crippen molar-refractivity contribution in [3.8, 4) is 6.07 Å². The van der Waals surface area contributed by atoms with Gasteiger partial charge in [-0.2, -0.15) is 5.26 Å². The number of nitrogens with zero attached hydrogens (tertiary/aromatic N) is 2. The SMILES string of the molecule is N#Cc1ccccc1N(CCO)C1CCCCC1. The van der Waals surface area contributed by atoms with Gasteiger partial charge in [0, 0.05) is 12.6 Å². The Morgan fingerprint density at radius 3 is 2.61 bits per heavy atom. The van der Waals surface area contributed by atoms with Crippen LogP contribution in [0.5, 0.6) is 0 Å². The summed E-state index contributed by atoms with van der Waals surface area (Å²) >= 11 is 0. The van der Waals surface area contributed by atoms with Crippen LogP contribution in [0.3, 0.4) is 0 Å². The van der Waals surface area contributed by atoms with Crippen LogP contribution in [-0.4, -0.2) is 24.3 Å². The van der Waals surface area contributed by atoms with Crippen molar-refractivity contribution in [3.05, 3.63) is 29.8 Å². The first-order chi connectivity index (χ1) is 8.86. The van der Waals surface area contributed by atoms with Crippen LogP contribution in [0.1, 0.15) is 37.7 Å². The summed E-state index contributed by atoms with van der Waals surface area (Å²) in [4.78, 5) is 2.22. The number of nitriles is 1. The predicted octanol–water partition coefficient (Wildman–Crippen LogP) is 2.69. The number of para-hydroxylation sites is 1. The molecule has 1 aromatic rings. The summed E-state index contributed by atoms with van der Waals surface area (Å²) in [6.07, 6.45) is 6.14. The fourth-order valence-corrected chi connectivity index (χ4v) is 2.82. The fourth-order valence-electron chi connectivity index (χ4n) is 2.82. The van der Waals surface area contributed by atoms with E-state index in [0.29, 0.717) is 18.2 Å². The Bertz CT molecular complexity index is 419. The largest absolute Gasteiger partial charge is 0.395 e. The van der Waals surface area contributed by atoms with Gasteiger partial charge in [-0.25, -0.2) is 0 Å². The normalized spacial score (nSPS) is 16.2. The van der Waals surface area contributed by atoms with Crippen molar-refractivity contribution in [2.45, 2.75) is 38.1 Å². The molecule has 0 saturated heterocycles. The molecule has 3 nitrogen and oxygen atoms in total. The van der Waals surface area contributed by atoms with Gasteiger partial charge in [0.15, 0.2) is 0 Å². The minimum Gasteiger partial charge on any atom is -0.395 e. The molecule has 0 aromatic heterocycles. The van der Waals surface area contributed by atoms with Gasteiger partial charge in [0.25, 0.3) is 0 Å². The molecule has 0 amide bonds. The molecule has 1 aliphatic rings. The van der Waals surface area contributed by atoms with Gasteiger partial charge < -0.3 is 10.0 Å². The van der Waals surface area contributed by atoms with Crippen LogP contribution in [0.2, 0.25) is 0 Å². The van der Waals surface area contributed by atoms with Crippen molar-refractivity contribution in [1.29, 1.82) is 5.26 Å². The summed E-state index contributed by atoms with van der Waals surface area (Å²) in [5.74, 6) is 0. The summed E-state index contributed by atoms with van der Waals surface area (Å²) in [7, 11) is 0. The molecule has 0 aliphatic heterocycles. The molecule has 18 heavy (non-hydrogen) atoms. The standard InChI is InChI=1S/C15H20N2O/c16-12-13-6-4-5-9-15(13)17(10-11-18)14-7-2-1-3-8-14/h4-6,9,14,18H,1-3,7-8,10-11H2. The van der Waals surface area contributed by atoms with Crippen LogP contribution in [0.25, 0.3) is 0 Å². The lowest BCUT2D eigenvalue weighted by Gasteiger charge is -2.36. The van der Waals surface area contributed by atoms with Gasteiger partial charge in [0.1, 0.15) is 6.07 Å². The quantitative estimate of drug-likeness (QED) is 0.885. The van der Waals surface area contributed by atoms with Gasteiger partial charge in [-0.1, -0.05) is 31.4 Å². The minimum absolute atomic E-state index is 0.135. The lowest BCUT2D eigenvalue weighted by atomic mass is 9.93. The van der Waals surface area contributed by atoms with Crippen LogP contribution >= 0.6 is 0 Å². The van der Waals surface area contributed by atoms with Crippen molar-refractivity contribution in [2.75, 3.05) is 18.1 Å². The summed E-state index contributed by atoms with van der Waals surface area (Å²) in [5.41, 5.74) is 1.68. The molecule has 0 atom stereocenters. The summed E-state index contributed by atoms with van der Waals surface area (Å²) in [5, 5.41) is 18.5. The smallest absolute Gasteiger partial charge is 0.101 e. The Kier molecular flexibility index (Phi) is 4.60. The molecule has 3 heteroatoms. The highest BCUT2D eigenvalue weighted by Crippen LogP contribution is 2.29. The number of hydrogen-bond acceptors (Lipinski definition) is 3. The van der Waals surface area contributed by atoms with Crippen molar-refractivity contribution in [2.24, 2.45) is 0 Å². The maximum absolute atomic E-state index is 9.27. The number of aliphatic hydroxyl groups is 1. The minimum atomic E-state index is 0.135. The fraction of sp³-hybridized carbons (Fsp3) is 0.533. The van der Waals surface area contributed by atoms with Crippen molar-refractivity contribution < 1.29 is 5.11 Å². The topological polar surface area (TPSA) is 47.3 Å². The van der Waals surface area contributed by atoms with Crippen LogP contribution in [0.15, 0.2) is 24.3 Å². The molecule has 1 fully saturated rings. The van der Waals surface area contributed by atoms with Crippen LogP contribution in [0, 0.1) is 11.3 Å². The first-order valence-electron chi connectivity index (χ1n) is 6.73. The second-order valence-corrected chi connectivity index (χ2v) is 4.84. The summed E-state index contributed by atoms with van der Waals surface area (Å²) in [6.45, 7) is 0.750. The van der Waals surface area contributed by atoms with E-state index >= 15 is 0 Å². The van der Waals surface area contributed by atoms with E-state index in [1.165, 1.54) is 32.1 Å². The first kappa shape index (κ1) is 12.9. The van der Waals surface area contributed by atoms with E-state index in [-0.39, 0.29) is 6.61 Å². The van der Waals surface area contributed by atoms with E-state index in [9.17, 15) is 10.4 Å². The zero-order valence-corrected chi connectivity index (χ0v) is 10.7. The van der Waals surface area contributed by atoms with Gasteiger partial charge in [-0.3, -0.25) is 0 Å². The van der Waals surface area contributed by atoms with Crippen molar-refractivity contribution in [3.63, 3.8) is 0 Å². The first-order valence-corrected chi connectivity index (χ1v) is 6.73. The number of benzene rings is 1. The van der Waals surface area contributed by atoms with E-state index in [1.54, 1.807) is 0 Å². The Hall–Kier alpha value is -1.53. The molecular formula is C15H20N2O.